The third-order valence-corrected chi connectivity index (χ3v) is 3.84. The van der Waals surface area contributed by atoms with Gasteiger partial charge in [0.25, 0.3) is 5.79 Å². The van der Waals surface area contributed by atoms with Crippen LogP contribution in [0.2, 0.25) is 0 Å². The second kappa shape index (κ2) is 6.82. The van der Waals surface area contributed by atoms with Gasteiger partial charge in [-0.2, -0.15) is 0 Å². The summed E-state index contributed by atoms with van der Waals surface area (Å²) in [6.07, 6.45) is 0. The van der Waals surface area contributed by atoms with Gasteiger partial charge in [-0.05, 0) is 17.7 Å². The maximum atomic E-state index is 12.5. The first-order chi connectivity index (χ1) is 12.0. The molecule has 2 aromatic carbocycles. The van der Waals surface area contributed by atoms with Crippen LogP contribution in [0.5, 0.6) is 0 Å². The van der Waals surface area contributed by atoms with Crippen LogP contribution < -0.4 is 0 Å². The molecular formula is C21H18O4. The minimum absolute atomic E-state index is 0.613. The summed E-state index contributed by atoms with van der Waals surface area (Å²) in [4.78, 5) is 24.9. The zero-order valence-corrected chi connectivity index (χ0v) is 14.1. The molecule has 1 saturated heterocycles. The van der Waals surface area contributed by atoms with Crippen molar-refractivity contribution in [2.24, 2.45) is 5.92 Å². The van der Waals surface area contributed by atoms with E-state index < -0.39 is 29.6 Å². The lowest BCUT2D eigenvalue weighted by Crippen LogP contribution is -2.48. The molecule has 126 valence electrons. The number of hydrogen-bond donors (Lipinski definition) is 0. The van der Waals surface area contributed by atoms with Crippen LogP contribution >= 0.6 is 0 Å². The Balaban J connectivity index is 1.99. The van der Waals surface area contributed by atoms with Crippen LogP contribution in [0, 0.1) is 17.8 Å². The summed E-state index contributed by atoms with van der Waals surface area (Å²) in [5, 5.41) is 0. The number of benzene rings is 2. The fourth-order valence-corrected chi connectivity index (χ4v) is 2.70. The molecule has 1 atom stereocenters. The normalized spacial score (nSPS) is 17.7. The van der Waals surface area contributed by atoms with Crippen molar-refractivity contribution in [1.29, 1.82) is 0 Å². The molecule has 1 heterocycles. The highest BCUT2D eigenvalue weighted by Crippen LogP contribution is 2.33. The quantitative estimate of drug-likeness (QED) is 0.480. The number of ether oxygens (including phenoxy) is 2. The fraction of sp³-hybridized carbons (Fsp3) is 0.238. The Morgan fingerprint density at radius 2 is 1.40 bits per heavy atom. The van der Waals surface area contributed by atoms with E-state index in [1.807, 2.05) is 60.7 Å². The Hall–Kier alpha value is -3.06. The molecule has 25 heavy (non-hydrogen) atoms. The van der Waals surface area contributed by atoms with Crippen LogP contribution in [0.3, 0.4) is 0 Å². The third kappa shape index (κ3) is 3.89. The predicted molar refractivity (Wildman–Crippen MR) is 92.3 cm³/mol. The molecule has 1 fully saturated rings. The van der Waals surface area contributed by atoms with Crippen molar-refractivity contribution in [2.75, 3.05) is 0 Å². The molecule has 0 aromatic heterocycles. The number of carbonyl (C=O) groups is 2. The number of esters is 2. The molecule has 0 radical (unpaired) electrons. The minimum atomic E-state index is -1.25. The van der Waals surface area contributed by atoms with Gasteiger partial charge in [0, 0.05) is 19.4 Å². The van der Waals surface area contributed by atoms with Gasteiger partial charge in [0.05, 0.1) is 5.92 Å². The van der Waals surface area contributed by atoms with Gasteiger partial charge in [-0.15, -0.1) is 0 Å². The van der Waals surface area contributed by atoms with Gasteiger partial charge < -0.3 is 9.47 Å². The van der Waals surface area contributed by atoms with E-state index in [-0.39, 0.29) is 0 Å². The minimum Gasteiger partial charge on any atom is -0.422 e. The van der Waals surface area contributed by atoms with Gasteiger partial charge >= 0.3 is 11.9 Å². The van der Waals surface area contributed by atoms with E-state index in [0.717, 1.165) is 11.1 Å². The summed E-state index contributed by atoms with van der Waals surface area (Å²) in [5.41, 5.74) is 1.57. The zero-order valence-electron chi connectivity index (χ0n) is 14.1. The Morgan fingerprint density at radius 1 is 0.880 bits per heavy atom. The van der Waals surface area contributed by atoms with Crippen molar-refractivity contribution in [3.63, 3.8) is 0 Å². The van der Waals surface area contributed by atoms with E-state index >= 15 is 0 Å². The number of carbonyl (C=O) groups excluding carboxylic acids is 2. The number of rotatable bonds is 2. The molecule has 0 bridgehead atoms. The Morgan fingerprint density at radius 3 is 1.96 bits per heavy atom. The molecule has 1 aliphatic heterocycles. The van der Waals surface area contributed by atoms with Crippen LogP contribution in [-0.4, -0.2) is 17.7 Å². The molecule has 0 spiro atoms. The van der Waals surface area contributed by atoms with Gasteiger partial charge in [-0.3, -0.25) is 9.59 Å². The lowest BCUT2D eigenvalue weighted by atomic mass is 9.85. The molecule has 0 amide bonds. The first-order valence-electron chi connectivity index (χ1n) is 8.03. The van der Waals surface area contributed by atoms with Gasteiger partial charge in [-0.25, -0.2) is 0 Å². The fourth-order valence-electron chi connectivity index (χ4n) is 2.70. The molecule has 0 unspecified atom stereocenters. The smallest absolute Gasteiger partial charge is 0.325 e. The second-order valence-corrected chi connectivity index (χ2v) is 6.24. The lowest BCUT2D eigenvalue weighted by molar-refractivity contribution is -0.240. The van der Waals surface area contributed by atoms with Crippen molar-refractivity contribution < 1.29 is 19.1 Å². The van der Waals surface area contributed by atoms with Gasteiger partial charge in [0.1, 0.15) is 0 Å². The van der Waals surface area contributed by atoms with Crippen molar-refractivity contribution >= 4 is 11.9 Å². The summed E-state index contributed by atoms with van der Waals surface area (Å²) in [6.45, 7) is 3.07. The standard InChI is InChI=1S/C21H18O4/c1-21(2)24-19(22)18(20(23)25-21)17(16-11-7-4-8-12-16)14-13-15-9-5-3-6-10-15/h3-12,17-18H,1-2H3/t17-/m0/s1. The molecule has 2 aromatic rings. The van der Waals surface area contributed by atoms with Gasteiger partial charge in [0.2, 0.25) is 0 Å². The highest BCUT2D eigenvalue weighted by molar-refractivity contribution is 5.98. The highest BCUT2D eigenvalue weighted by Gasteiger charge is 2.47. The summed E-state index contributed by atoms with van der Waals surface area (Å²) >= 11 is 0. The zero-order chi connectivity index (χ0) is 17.9. The van der Waals surface area contributed by atoms with Crippen LogP contribution in [0.25, 0.3) is 0 Å². The van der Waals surface area contributed by atoms with Gasteiger partial charge in [0.15, 0.2) is 5.92 Å². The molecule has 0 aliphatic carbocycles. The Bertz CT molecular complexity index is 808. The lowest BCUT2D eigenvalue weighted by Gasteiger charge is -2.34. The molecule has 0 N–H and O–H groups in total. The Kier molecular flexibility index (Phi) is 4.58. The molecular weight excluding hydrogens is 316 g/mol. The predicted octanol–water partition coefficient (Wildman–Crippen LogP) is 3.27. The van der Waals surface area contributed by atoms with E-state index in [1.54, 1.807) is 0 Å². The average molecular weight is 334 g/mol. The second-order valence-electron chi connectivity index (χ2n) is 6.24. The Labute approximate surface area is 146 Å². The van der Waals surface area contributed by atoms with Crippen molar-refractivity contribution in [2.45, 2.75) is 25.6 Å². The maximum absolute atomic E-state index is 12.5. The summed E-state index contributed by atoms with van der Waals surface area (Å²) < 4.78 is 10.5. The molecule has 4 nitrogen and oxygen atoms in total. The molecule has 1 aliphatic rings. The van der Waals surface area contributed by atoms with Crippen LogP contribution in [0.15, 0.2) is 60.7 Å². The number of cyclic esters (lactones) is 2. The first-order valence-corrected chi connectivity index (χ1v) is 8.03. The molecule has 4 heteroatoms. The topological polar surface area (TPSA) is 52.6 Å². The summed E-state index contributed by atoms with van der Waals surface area (Å²) in [7, 11) is 0. The monoisotopic (exact) mass is 334 g/mol. The van der Waals surface area contributed by atoms with Crippen LogP contribution in [-0.2, 0) is 19.1 Å². The van der Waals surface area contributed by atoms with E-state index in [4.69, 9.17) is 9.47 Å². The van der Waals surface area contributed by atoms with E-state index in [1.165, 1.54) is 13.8 Å². The van der Waals surface area contributed by atoms with Crippen LogP contribution in [0.1, 0.15) is 30.9 Å². The highest BCUT2D eigenvalue weighted by atomic mass is 16.7. The number of hydrogen-bond acceptors (Lipinski definition) is 4. The average Bonchev–Trinajstić information content (AvgIpc) is 2.58. The first kappa shape index (κ1) is 16.8. The SMILES string of the molecule is CC1(C)OC(=O)C([C@@H](C#Cc2ccccc2)c2ccccc2)C(=O)O1. The van der Waals surface area contributed by atoms with Gasteiger partial charge in [-0.1, -0.05) is 60.4 Å². The largest absolute Gasteiger partial charge is 0.422 e. The van der Waals surface area contributed by atoms with Crippen molar-refractivity contribution in [3.8, 4) is 11.8 Å². The van der Waals surface area contributed by atoms with E-state index in [2.05, 4.69) is 11.8 Å². The van der Waals surface area contributed by atoms with Crippen LogP contribution in [0.4, 0.5) is 0 Å². The van der Waals surface area contributed by atoms with Crippen molar-refractivity contribution in [3.05, 3.63) is 71.8 Å². The third-order valence-electron chi connectivity index (χ3n) is 3.84. The van der Waals surface area contributed by atoms with E-state index in [0.29, 0.717) is 0 Å². The molecule has 3 rings (SSSR count). The summed E-state index contributed by atoms with van der Waals surface area (Å²) in [6, 6.07) is 18.6. The van der Waals surface area contributed by atoms with E-state index in [9.17, 15) is 9.59 Å². The van der Waals surface area contributed by atoms with Crippen molar-refractivity contribution in [1.82, 2.24) is 0 Å². The maximum Gasteiger partial charge on any atom is 0.325 e. The molecule has 0 saturated carbocycles. The summed E-state index contributed by atoms with van der Waals surface area (Å²) in [5.74, 6) is 1.87.